The Hall–Kier alpha value is -1.21. The lowest BCUT2D eigenvalue weighted by Crippen LogP contribution is -2.29. The Balaban J connectivity index is 1.83. The van der Waals surface area contributed by atoms with Crippen molar-refractivity contribution < 1.29 is 0 Å². The molecule has 0 aliphatic carbocycles. The fourth-order valence-electron chi connectivity index (χ4n) is 1.83. The number of hydrazine groups is 1. The smallest absolute Gasteiger partial charge is 0.193 e. The zero-order valence-electron chi connectivity index (χ0n) is 9.04. The van der Waals surface area contributed by atoms with E-state index in [1.165, 1.54) is 5.56 Å². The second kappa shape index (κ2) is 4.58. The van der Waals surface area contributed by atoms with Gasteiger partial charge in [-0.1, -0.05) is 0 Å². The van der Waals surface area contributed by atoms with Gasteiger partial charge in [0.25, 0.3) is 0 Å². The first-order valence-electron chi connectivity index (χ1n) is 5.26. The van der Waals surface area contributed by atoms with Gasteiger partial charge in [-0.25, -0.2) is 4.98 Å². The summed E-state index contributed by atoms with van der Waals surface area (Å²) in [7, 11) is 0. The third kappa shape index (κ3) is 2.12. The van der Waals surface area contributed by atoms with Crippen LogP contribution in [0.15, 0.2) is 34.6 Å². The molecule has 0 aliphatic heterocycles. The van der Waals surface area contributed by atoms with Crippen molar-refractivity contribution in [2.75, 3.05) is 0 Å². The van der Waals surface area contributed by atoms with Gasteiger partial charge in [-0.15, -0.1) is 11.3 Å². The number of hydrogen-bond acceptors (Lipinski definition) is 5. The van der Waals surface area contributed by atoms with Crippen LogP contribution in [-0.4, -0.2) is 9.38 Å². The monoisotopic (exact) mass is 264 g/mol. The van der Waals surface area contributed by atoms with E-state index in [0.29, 0.717) is 0 Å². The molecule has 0 bridgehead atoms. The van der Waals surface area contributed by atoms with Crippen molar-refractivity contribution in [3.63, 3.8) is 0 Å². The number of thiophene rings is 1. The molecule has 0 radical (unpaired) electrons. The highest BCUT2D eigenvalue weighted by molar-refractivity contribution is 7.15. The molecular formula is C11H12N4S2. The first kappa shape index (κ1) is 10.9. The highest BCUT2D eigenvalue weighted by atomic mass is 32.1. The van der Waals surface area contributed by atoms with Gasteiger partial charge in [0.15, 0.2) is 4.96 Å². The minimum atomic E-state index is 0.130. The quantitative estimate of drug-likeness (QED) is 0.561. The minimum Gasteiger partial charge on any atom is -0.297 e. The summed E-state index contributed by atoms with van der Waals surface area (Å²) >= 11 is 3.32. The molecule has 0 saturated carbocycles. The standard InChI is InChI=1S/C11H12N4S2/c12-14-10(8-1-3-16-7-8)5-9-6-15-2-4-17-11(15)13-9/h1-4,6-7,10,14H,5,12H2. The molecule has 1 unspecified atom stereocenters. The summed E-state index contributed by atoms with van der Waals surface area (Å²) in [5.41, 5.74) is 5.13. The van der Waals surface area contributed by atoms with E-state index in [1.807, 2.05) is 16.0 Å². The summed E-state index contributed by atoms with van der Waals surface area (Å²) in [6.07, 6.45) is 4.89. The number of hydrogen-bond donors (Lipinski definition) is 2. The lowest BCUT2D eigenvalue weighted by molar-refractivity contribution is 0.548. The molecule has 1 atom stereocenters. The van der Waals surface area contributed by atoms with E-state index in [0.717, 1.165) is 17.1 Å². The van der Waals surface area contributed by atoms with E-state index < -0.39 is 0 Å². The number of nitrogens with zero attached hydrogens (tertiary/aromatic N) is 2. The molecule has 0 aromatic carbocycles. The number of rotatable bonds is 4. The molecule has 3 N–H and O–H groups in total. The van der Waals surface area contributed by atoms with E-state index in [1.54, 1.807) is 22.7 Å². The molecule has 3 rings (SSSR count). The minimum absolute atomic E-state index is 0.130. The zero-order valence-corrected chi connectivity index (χ0v) is 10.7. The van der Waals surface area contributed by atoms with Crippen molar-refractivity contribution in [3.8, 4) is 0 Å². The van der Waals surface area contributed by atoms with E-state index in [2.05, 4.69) is 33.4 Å². The predicted molar refractivity (Wildman–Crippen MR) is 71.2 cm³/mol. The van der Waals surface area contributed by atoms with E-state index in [9.17, 15) is 0 Å². The third-order valence-corrected chi connectivity index (χ3v) is 4.18. The molecule has 0 saturated heterocycles. The van der Waals surface area contributed by atoms with Crippen LogP contribution in [0.1, 0.15) is 17.3 Å². The first-order valence-corrected chi connectivity index (χ1v) is 7.08. The Morgan fingerprint density at radius 1 is 1.47 bits per heavy atom. The van der Waals surface area contributed by atoms with Crippen LogP contribution in [0.3, 0.4) is 0 Å². The topological polar surface area (TPSA) is 55.3 Å². The fourth-order valence-corrected chi connectivity index (χ4v) is 3.26. The maximum absolute atomic E-state index is 5.60. The highest BCUT2D eigenvalue weighted by Crippen LogP contribution is 2.21. The van der Waals surface area contributed by atoms with Crippen LogP contribution in [0.5, 0.6) is 0 Å². The van der Waals surface area contributed by atoms with Crippen molar-refractivity contribution in [2.45, 2.75) is 12.5 Å². The molecule has 0 aliphatic rings. The number of nitrogens with two attached hydrogens (primary N) is 1. The predicted octanol–water partition coefficient (Wildman–Crippen LogP) is 2.20. The average Bonchev–Trinajstić information content (AvgIpc) is 3.01. The molecule has 17 heavy (non-hydrogen) atoms. The zero-order chi connectivity index (χ0) is 11.7. The van der Waals surface area contributed by atoms with Crippen LogP contribution < -0.4 is 11.3 Å². The van der Waals surface area contributed by atoms with Gasteiger partial charge in [0.05, 0.1) is 11.7 Å². The van der Waals surface area contributed by atoms with Gasteiger partial charge in [0, 0.05) is 24.2 Å². The van der Waals surface area contributed by atoms with E-state index in [-0.39, 0.29) is 6.04 Å². The molecule has 0 amide bonds. The Kier molecular flexibility index (Phi) is 2.94. The van der Waals surface area contributed by atoms with Gasteiger partial charge < -0.3 is 0 Å². The van der Waals surface area contributed by atoms with Crippen LogP contribution in [0.2, 0.25) is 0 Å². The second-order valence-corrected chi connectivity index (χ2v) is 5.46. The summed E-state index contributed by atoms with van der Waals surface area (Å²) < 4.78 is 2.04. The van der Waals surface area contributed by atoms with Crippen molar-refractivity contribution >= 4 is 27.6 Å². The number of nitrogens with one attached hydrogen (secondary N) is 1. The molecule has 3 heterocycles. The van der Waals surface area contributed by atoms with Gasteiger partial charge in [-0.3, -0.25) is 15.7 Å². The number of aromatic nitrogens is 2. The molecule has 3 aromatic heterocycles. The van der Waals surface area contributed by atoms with Crippen LogP contribution in [0.25, 0.3) is 4.96 Å². The largest absolute Gasteiger partial charge is 0.297 e. The molecule has 88 valence electrons. The Bertz CT molecular complexity index is 567. The average molecular weight is 264 g/mol. The first-order chi connectivity index (χ1) is 8.36. The van der Waals surface area contributed by atoms with Crippen LogP contribution >= 0.6 is 22.7 Å². The lowest BCUT2D eigenvalue weighted by Gasteiger charge is -2.12. The third-order valence-electron chi connectivity index (χ3n) is 2.70. The summed E-state index contributed by atoms with van der Waals surface area (Å²) in [5.74, 6) is 5.60. The summed E-state index contributed by atoms with van der Waals surface area (Å²) in [6.45, 7) is 0. The van der Waals surface area contributed by atoms with Crippen molar-refractivity contribution in [3.05, 3.63) is 45.9 Å². The van der Waals surface area contributed by atoms with Crippen molar-refractivity contribution in [2.24, 2.45) is 5.84 Å². The van der Waals surface area contributed by atoms with E-state index >= 15 is 0 Å². The summed E-state index contributed by atoms with van der Waals surface area (Å²) in [6, 6.07) is 2.22. The molecular weight excluding hydrogens is 252 g/mol. The lowest BCUT2D eigenvalue weighted by atomic mass is 10.1. The molecule has 4 nitrogen and oxygen atoms in total. The summed E-state index contributed by atoms with van der Waals surface area (Å²) in [5, 5.41) is 6.21. The number of fused-ring (bicyclic) bond motifs is 1. The van der Waals surface area contributed by atoms with Gasteiger partial charge in [-0.05, 0) is 22.4 Å². The number of thiazole rings is 1. The Labute approximate surface area is 107 Å². The molecule has 6 heteroatoms. The van der Waals surface area contributed by atoms with Crippen molar-refractivity contribution in [1.82, 2.24) is 14.8 Å². The number of imidazole rings is 1. The normalized spacial score (nSPS) is 13.2. The maximum atomic E-state index is 5.60. The van der Waals surface area contributed by atoms with Crippen molar-refractivity contribution in [1.29, 1.82) is 0 Å². The van der Waals surface area contributed by atoms with Crippen LogP contribution in [0.4, 0.5) is 0 Å². The second-order valence-electron chi connectivity index (χ2n) is 3.81. The van der Waals surface area contributed by atoms with Gasteiger partial charge in [0.2, 0.25) is 0 Å². The maximum Gasteiger partial charge on any atom is 0.193 e. The molecule has 0 spiro atoms. The van der Waals surface area contributed by atoms with Crippen LogP contribution in [0, 0.1) is 0 Å². The summed E-state index contributed by atoms with van der Waals surface area (Å²) in [4.78, 5) is 5.59. The molecule has 3 aromatic rings. The Morgan fingerprint density at radius 2 is 2.41 bits per heavy atom. The SMILES string of the molecule is NNC(Cc1cn2ccsc2n1)c1ccsc1. The Morgan fingerprint density at radius 3 is 3.12 bits per heavy atom. The van der Waals surface area contributed by atoms with Gasteiger partial charge in [-0.2, -0.15) is 11.3 Å². The van der Waals surface area contributed by atoms with Crippen LogP contribution in [-0.2, 0) is 6.42 Å². The van der Waals surface area contributed by atoms with E-state index in [4.69, 9.17) is 5.84 Å². The van der Waals surface area contributed by atoms with Gasteiger partial charge in [0.1, 0.15) is 0 Å². The molecule has 0 fully saturated rings. The fraction of sp³-hybridized carbons (Fsp3) is 0.182. The highest BCUT2D eigenvalue weighted by Gasteiger charge is 2.13. The van der Waals surface area contributed by atoms with Gasteiger partial charge >= 0.3 is 0 Å².